The minimum Gasteiger partial charge on any atom is -0.463 e. The predicted molar refractivity (Wildman–Crippen MR) is 154 cm³/mol. The lowest BCUT2D eigenvalue weighted by Gasteiger charge is -2.34. The Labute approximate surface area is 233 Å². The number of esters is 1. The van der Waals surface area contributed by atoms with Crippen LogP contribution in [-0.2, 0) is 20.9 Å². The maximum Gasteiger partial charge on any atom is 0.336 e. The molecule has 0 spiro atoms. The fourth-order valence-electron chi connectivity index (χ4n) is 5.18. The third kappa shape index (κ3) is 8.02. The van der Waals surface area contributed by atoms with Gasteiger partial charge in [-0.25, -0.2) is 4.79 Å². The fourth-order valence-corrected chi connectivity index (χ4v) is 5.18. The number of allylic oxidation sites excluding steroid dienone is 1. The van der Waals surface area contributed by atoms with E-state index in [4.69, 9.17) is 4.74 Å². The van der Waals surface area contributed by atoms with Gasteiger partial charge in [-0.2, -0.15) is 0 Å². The Hall–Kier alpha value is -3.45. The van der Waals surface area contributed by atoms with E-state index < -0.39 is 5.97 Å². The van der Waals surface area contributed by atoms with E-state index >= 15 is 0 Å². The summed E-state index contributed by atoms with van der Waals surface area (Å²) in [5.74, 6) is -0.939. The fraction of sp³-hybridized carbons (Fsp3) is 0.469. The lowest BCUT2D eigenvalue weighted by atomic mass is 9.83. The van der Waals surface area contributed by atoms with Crippen molar-refractivity contribution >= 4 is 17.8 Å². The first-order chi connectivity index (χ1) is 18.8. The number of carbonyl (C=O) groups excluding carboxylic acids is 3. The third-order valence-electron chi connectivity index (χ3n) is 7.43. The number of nitrogens with one attached hydrogen (secondary N) is 1. The minimum atomic E-state index is -0.399. The van der Waals surface area contributed by atoms with Gasteiger partial charge >= 0.3 is 5.97 Å². The maximum atomic E-state index is 13.3. The van der Waals surface area contributed by atoms with E-state index in [2.05, 4.69) is 24.1 Å². The Bertz CT molecular complexity index is 1160. The summed E-state index contributed by atoms with van der Waals surface area (Å²) >= 11 is 0. The van der Waals surface area contributed by atoms with Crippen LogP contribution < -0.4 is 5.32 Å². The zero-order valence-electron chi connectivity index (χ0n) is 24.0. The monoisotopic (exact) mass is 533 g/mol. The summed E-state index contributed by atoms with van der Waals surface area (Å²) in [5, 5.41) is 3.11. The van der Waals surface area contributed by atoms with Gasteiger partial charge in [0.15, 0.2) is 0 Å². The van der Waals surface area contributed by atoms with Crippen molar-refractivity contribution in [3.63, 3.8) is 0 Å². The van der Waals surface area contributed by atoms with Gasteiger partial charge in [0.2, 0.25) is 5.91 Å². The second-order valence-electron chi connectivity index (χ2n) is 10.1. The molecule has 1 aliphatic rings. The molecule has 3 rings (SSSR count). The van der Waals surface area contributed by atoms with Crippen molar-refractivity contribution < 1.29 is 19.1 Å². The quantitative estimate of drug-likeness (QED) is 0.355. The second kappa shape index (κ2) is 14.6. The standard InChI is InChI=1S/C32H43N3O4/c1-6-34(7-2)19-13-14-23(4)33-31(37)27-18-12-15-25(20-27)22-35-24(5)30(32(38)39-8-3)28(21-29(35)36)26-16-10-9-11-17-26/h9-12,15-18,20,23,28H,6-8,13-14,19,21-22H2,1-5H3,(H,33,37). The van der Waals surface area contributed by atoms with E-state index in [0.717, 1.165) is 43.6 Å². The molecule has 0 saturated carbocycles. The van der Waals surface area contributed by atoms with Gasteiger partial charge in [-0.3, -0.25) is 9.59 Å². The molecule has 2 aromatic rings. The van der Waals surface area contributed by atoms with Crippen LogP contribution in [0.15, 0.2) is 65.9 Å². The van der Waals surface area contributed by atoms with Crippen LogP contribution in [0.1, 0.15) is 81.3 Å². The lowest BCUT2D eigenvalue weighted by molar-refractivity contribution is -0.140. The summed E-state index contributed by atoms with van der Waals surface area (Å²) in [6.07, 6.45) is 2.12. The summed E-state index contributed by atoms with van der Waals surface area (Å²) in [6.45, 7) is 13.6. The van der Waals surface area contributed by atoms with Gasteiger partial charge in [-0.15, -0.1) is 0 Å². The second-order valence-corrected chi connectivity index (χ2v) is 10.1. The zero-order chi connectivity index (χ0) is 28.4. The Kier molecular flexibility index (Phi) is 11.3. The van der Waals surface area contributed by atoms with E-state index in [9.17, 15) is 14.4 Å². The summed E-state index contributed by atoms with van der Waals surface area (Å²) in [5.41, 5.74) is 3.40. The molecule has 7 heteroatoms. The van der Waals surface area contributed by atoms with Crippen LogP contribution in [0.25, 0.3) is 0 Å². The SMILES string of the molecule is CCOC(=O)C1=C(C)N(Cc2cccc(C(=O)NC(C)CCCN(CC)CC)c2)C(=O)CC1c1ccccc1. The molecular formula is C32H43N3O4. The number of amides is 2. The average Bonchev–Trinajstić information content (AvgIpc) is 2.93. The number of benzene rings is 2. The normalized spacial score (nSPS) is 16.4. The van der Waals surface area contributed by atoms with E-state index in [1.54, 1.807) is 24.8 Å². The molecule has 0 bridgehead atoms. The molecule has 2 atom stereocenters. The van der Waals surface area contributed by atoms with Crippen molar-refractivity contribution in [1.29, 1.82) is 0 Å². The van der Waals surface area contributed by atoms with E-state index in [1.165, 1.54) is 0 Å². The molecule has 1 heterocycles. The van der Waals surface area contributed by atoms with Crippen LogP contribution in [0.2, 0.25) is 0 Å². The van der Waals surface area contributed by atoms with Crippen LogP contribution >= 0.6 is 0 Å². The Morgan fingerprint density at radius 3 is 2.46 bits per heavy atom. The minimum absolute atomic E-state index is 0.0626. The van der Waals surface area contributed by atoms with Crippen molar-refractivity contribution in [2.45, 2.75) is 72.4 Å². The van der Waals surface area contributed by atoms with Gasteiger partial charge in [0, 0.05) is 29.6 Å². The Morgan fingerprint density at radius 1 is 1.08 bits per heavy atom. The first kappa shape index (κ1) is 30.1. The van der Waals surface area contributed by atoms with Crippen molar-refractivity contribution in [1.82, 2.24) is 15.1 Å². The highest BCUT2D eigenvalue weighted by Gasteiger charge is 2.36. The first-order valence-corrected chi connectivity index (χ1v) is 14.1. The van der Waals surface area contributed by atoms with Gasteiger partial charge in [-0.05, 0) is 76.5 Å². The summed E-state index contributed by atoms with van der Waals surface area (Å²) in [4.78, 5) is 43.3. The number of hydrogen-bond acceptors (Lipinski definition) is 5. The van der Waals surface area contributed by atoms with Crippen LogP contribution in [0.4, 0.5) is 0 Å². The molecule has 0 fully saturated rings. The zero-order valence-corrected chi connectivity index (χ0v) is 24.0. The van der Waals surface area contributed by atoms with Crippen LogP contribution in [0.5, 0.6) is 0 Å². The largest absolute Gasteiger partial charge is 0.463 e. The molecular weight excluding hydrogens is 490 g/mol. The number of rotatable bonds is 13. The molecule has 1 aliphatic heterocycles. The van der Waals surface area contributed by atoms with E-state index in [-0.39, 0.29) is 43.3 Å². The molecule has 0 saturated heterocycles. The molecule has 2 aromatic carbocycles. The molecule has 0 aromatic heterocycles. The van der Waals surface area contributed by atoms with Crippen LogP contribution in [0, 0.1) is 0 Å². The van der Waals surface area contributed by atoms with Gasteiger partial charge in [0.25, 0.3) is 5.91 Å². The number of nitrogens with zero attached hydrogens (tertiary/aromatic N) is 2. The van der Waals surface area contributed by atoms with Crippen molar-refractivity contribution in [3.05, 3.63) is 82.6 Å². The lowest BCUT2D eigenvalue weighted by Crippen LogP contribution is -2.38. The third-order valence-corrected chi connectivity index (χ3v) is 7.43. The first-order valence-electron chi connectivity index (χ1n) is 14.1. The topological polar surface area (TPSA) is 79.0 Å². The predicted octanol–water partition coefficient (Wildman–Crippen LogP) is 5.28. The van der Waals surface area contributed by atoms with E-state index in [0.29, 0.717) is 16.8 Å². The highest BCUT2D eigenvalue weighted by atomic mass is 16.5. The molecule has 2 unspecified atom stereocenters. The molecule has 0 aliphatic carbocycles. The summed E-state index contributed by atoms with van der Waals surface area (Å²) in [6, 6.07) is 17.0. The number of ether oxygens (including phenoxy) is 1. The molecule has 2 amide bonds. The number of hydrogen-bond donors (Lipinski definition) is 1. The average molecular weight is 534 g/mol. The smallest absolute Gasteiger partial charge is 0.336 e. The van der Waals surface area contributed by atoms with Crippen LogP contribution in [-0.4, -0.2) is 59.9 Å². The highest BCUT2D eigenvalue weighted by Crippen LogP contribution is 2.37. The van der Waals surface area contributed by atoms with Gasteiger partial charge in [0.1, 0.15) is 0 Å². The highest BCUT2D eigenvalue weighted by molar-refractivity contribution is 5.96. The van der Waals surface area contributed by atoms with E-state index in [1.807, 2.05) is 55.5 Å². The molecule has 7 nitrogen and oxygen atoms in total. The van der Waals surface area contributed by atoms with Crippen LogP contribution in [0.3, 0.4) is 0 Å². The van der Waals surface area contributed by atoms with Gasteiger partial charge in [-0.1, -0.05) is 56.3 Å². The molecule has 1 N–H and O–H groups in total. The summed E-state index contributed by atoms with van der Waals surface area (Å²) < 4.78 is 5.39. The molecule has 39 heavy (non-hydrogen) atoms. The Morgan fingerprint density at radius 2 is 1.79 bits per heavy atom. The van der Waals surface area contributed by atoms with Crippen molar-refractivity contribution in [2.75, 3.05) is 26.2 Å². The molecule has 0 radical (unpaired) electrons. The number of carbonyl (C=O) groups is 3. The van der Waals surface area contributed by atoms with Gasteiger partial charge < -0.3 is 19.9 Å². The van der Waals surface area contributed by atoms with Crippen molar-refractivity contribution in [2.24, 2.45) is 0 Å². The summed E-state index contributed by atoms with van der Waals surface area (Å²) in [7, 11) is 0. The van der Waals surface area contributed by atoms with Gasteiger partial charge in [0.05, 0.1) is 18.7 Å². The Balaban J connectivity index is 1.75. The maximum absolute atomic E-state index is 13.3. The van der Waals surface area contributed by atoms with Crippen molar-refractivity contribution in [3.8, 4) is 0 Å². The molecule has 210 valence electrons.